The van der Waals surface area contributed by atoms with Gasteiger partial charge in [-0.1, -0.05) is 0 Å². The van der Waals surface area contributed by atoms with Gasteiger partial charge in [-0.3, -0.25) is 4.90 Å². The average Bonchev–Trinajstić information content (AvgIpc) is 2.47. The highest BCUT2D eigenvalue weighted by Crippen LogP contribution is 2.33. The summed E-state index contributed by atoms with van der Waals surface area (Å²) >= 11 is 0. The summed E-state index contributed by atoms with van der Waals surface area (Å²) in [5.74, 6) is 1.72. The lowest BCUT2D eigenvalue weighted by molar-refractivity contribution is 0.223. The highest BCUT2D eigenvalue weighted by Gasteiger charge is 2.25. The van der Waals surface area contributed by atoms with Crippen LogP contribution in [0.1, 0.15) is 0 Å². The number of hydrogen-bond donors (Lipinski definition) is 1. The first-order valence-corrected chi connectivity index (χ1v) is 6.57. The van der Waals surface area contributed by atoms with Gasteiger partial charge in [-0.25, -0.2) is 0 Å². The van der Waals surface area contributed by atoms with Crippen LogP contribution < -0.4 is 20.1 Å². The third kappa shape index (κ3) is 2.93. The van der Waals surface area contributed by atoms with Crippen LogP contribution in [0.15, 0.2) is 18.2 Å². The van der Waals surface area contributed by atoms with Crippen molar-refractivity contribution in [2.75, 3.05) is 52.3 Å². The Labute approximate surface area is 114 Å². The van der Waals surface area contributed by atoms with Gasteiger partial charge in [-0.15, -0.1) is 0 Å². The van der Waals surface area contributed by atoms with E-state index in [0.29, 0.717) is 12.6 Å². The lowest BCUT2D eigenvalue weighted by Gasteiger charge is -2.40. The second-order valence-electron chi connectivity index (χ2n) is 4.85. The highest BCUT2D eigenvalue weighted by atomic mass is 16.5. The van der Waals surface area contributed by atoms with E-state index in [1.54, 1.807) is 14.2 Å². The molecule has 1 atom stereocenters. The summed E-state index contributed by atoms with van der Waals surface area (Å²) in [6, 6.07) is 6.27. The predicted octanol–water partition coefficient (Wildman–Crippen LogP) is 0.783. The lowest BCUT2D eigenvalue weighted by atomic mass is 10.1. The second kappa shape index (κ2) is 6.12. The monoisotopic (exact) mass is 265 g/mol. The second-order valence-corrected chi connectivity index (χ2v) is 4.85. The molecule has 1 unspecified atom stereocenters. The molecule has 0 spiro atoms. The number of benzene rings is 1. The first kappa shape index (κ1) is 14.0. The predicted molar refractivity (Wildman–Crippen MR) is 77.2 cm³/mol. The van der Waals surface area contributed by atoms with Crippen LogP contribution in [0, 0.1) is 0 Å². The lowest BCUT2D eigenvalue weighted by Crippen LogP contribution is -2.54. The molecule has 0 aromatic heterocycles. The van der Waals surface area contributed by atoms with E-state index in [0.717, 1.165) is 36.8 Å². The molecule has 19 heavy (non-hydrogen) atoms. The molecular formula is C14H23N3O2. The maximum atomic E-state index is 5.84. The van der Waals surface area contributed by atoms with Gasteiger partial charge in [0.1, 0.15) is 11.5 Å². The smallest absolute Gasteiger partial charge is 0.142 e. The topological polar surface area (TPSA) is 51.0 Å². The molecule has 1 aliphatic heterocycles. The summed E-state index contributed by atoms with van der Waals surface area (Å²) in [6.07, 6.45) is 0. The number of nitrogens with two attached hydrogens (primary N) is 1. The number of piperazine rings is 1. The minimum Gasteiger partial charge on any atom is -0.497 e. The van der Waals surface area contributed by atoms with Gasteiger partial charge >= 0.3 is 0 Å². The fraction of sp³-hybridized carbons (Fsp3) is 0.571. The summed E-state index contributed by atoms with van der Waals surface area (Å²) in [5.41, 5.74) is 6.91. The standard InChI is InChI=1S/C14H23N3O2/c1-16-6-7-17(10-11(16)9-15)13-8-12(18-2)4-5-14(13)19-3/h4-5,8,11H,6-7,9-10,15H2,1-3H3. The van der Waals surface area contributed by atoms with Crippen LogP contribution in [0.25, 0.3) is 0 Å². The van der Waals surface area contributed by atoms with Crippen molar-refractivity contribution in [2.45, 2.75) is 6.04 Å². The van der Waals surface area contributed by atoms with E-state index in [9.17, 15) is 0 Å². The molecule has 1 aromatic rings. The van der Waals surface area contributed by atoms with Crippen molar-refractivity contribution in [2.24, 2.45) is 5.73 Å². The Hall–Kier alpha value is -1.46. The van der Waals surface area contributed by atoms with Crippen molar-refractivity contribution in [3.8, 4) is 11.5 Å². The van der Waals surface area contributed by atoms with E-state index in [4.69, 9.17) is 15.2 Å². The zero-order valence-corrected chi connectivity index (χ0v) is 11.9. The van der Waals surface area contributed by atoms with Gasteiger partial charge in [0.15, 0.2) is 0 Å². The fourth-order valence-corrected chi connectivity index (χ4v) is 2.46. The van der Waals surface area contributed by atoms with E-state index in [1.807, 2.05) is 18.2 Å². The average molecular weight is 265 g/mol. The molecule has 0 radical (unpaired) electrons. The Kier molecular flexibility index (Phi) is 4.50. The number of rotatable bonds is 4. The highest BCUT2D eigenvalue weighted by molar-refractivity contribution is 5.62. The molecule has 1 aliphatic rings. The summed E-state index contributed by atoms with van der Waals surface area (Å²) < 4.78 is 10.8. The molecule has 0 bridgehead atoms. The van der Waals surface area contributed by atoms with Crippen molar-refractivity contribution >= 4 is 5.69 Å². The molecule has 106 valence electrons. The number of likely N-dealkylation sites (N-methyl/N-ethyl adjacent to an activating group) is 1. The maximum absolute atomic E-state index is 5.84. The van der Waals surface area contributed by atoms with Crippen molar-refractivity contribution in [3.63, 3.8) is 0 Å². The van der Waals surface area contributed by atoms with Gasteiger partial charge in [0.25, 0.3) is 0 Å². The fourth-order valence-electron chi connectivity index (χ4n) is 2.46. The zero-order valence-electron chi connectivity index (χ0n) is 11.9. The van der Waals surface area contributed by atoms with Crippen LogP contribution in [0.4, 0.5) is 5.69 Å². The van der Waals surface area contributed by atoms with Crippen LogP contribution in [-0.4, -0.2) is 58.4 Å². The Morgan fingerprint density at radius 2 is 2.05 bits per heavy atom. The van der Waals surface area contributed by atoms with E-state index >= 15 is 0 Å². The Bertz CT molecular complexity index is 425. The zero-order chi connectivity index (χ0) is 13.8. The van der Waals surface area contributed by atoms with Crippen LogP contribution in [0.3, 0.4) is 0 Å². The molecule has 1 saturated heterocycles. The van der Waals surface area contributed by atoms with Gasteiger partial charge in [-0.05, 0) is 19.2 Å². The van der Waals surface area contributed by atoms with E-state index in [2.05, 4.69) is 16.8 Å². The van der Waals surface area contributed by atoms with Gasteiger partial charge in [0.2, 0.25) is 0 Å². The van der Waals surface area contributed by atoms with Crippen LogP contribution in [-0.2, 0) is 0 Å². The maximum Gasteiger partial charge on any atom is 0.142 e. The number of nitrogens with zero attached hydrogens (tertiary/aromatic N) is 2. The van der Waals surface area contributed by atoms with Crippen LogP contribution >= 0.6 is 0 Å². The minimum atomic E-state index is 0.379. The number of ether oxygens (including phenoxy) is 2. The number of anilines is 1. The first-order valence-electron chi connectivity index (χ1n) is 6.57. The molecule has 2 N–H and O–H groups in total. The van der Waals surface area contributed by atoms with Gasteiger partial charge in [0.05, 0.1) is 19.9 Å². The van der Waals surface area contributed by atoms with Gasteiger partial charge in [0, 0.05) is 38.3 Å². The van der Waals surface area contributed by atoms with Crippen molar-refractivity contribution < 1.29 is 9.47 Å². The van der Waals surface area contributed by atoms with E-state index in [-0.39, 0.29) is 0 Å². The molecule has 0 aliphatic carbocycles. The largest absolute Gasteiger partial charge is 0.497 e. The summed E-state index contributed by atoms with van der Waals surface area (Å²) in [4.78, 5) is 4.63. The van der Waals surface area contributed by atoms with Crippen LogP contribution in [0.5, 0.6) is 11.5 Å². The first-order chi connectivity index (χ1) is 9.19. The van der Waals surface area contributed by atoms with E-state index < -0.39 is 0 Å². The molecule has 1 heterocycles. The molecular weight excluding hydrogens is 242 g/mol. The Balaban J connectivity index is 2.25. The normalized spacial score (nSPS) is 20.4. The van der Waals surface area contributed by atoms with Crippen molar-refractivity contribution in [1.29, 1.82) is 0 Å². The Morgan fingerprint density at radius 3 is 2.68 bits per heavy atom. The SMILES string of the molecule is COc1ccc(OC)c(N2CCN(C)C(CN)C2)c1. The quantitative estimate of drug-likeness (QED) is 0.872. The van der Waals surface area contributed by atoms with Crippen molar-refractivity contribution in [1.82, 2.24) is 4.90 Å². The minimum absolute atomic E-state index is 0.379. The van der Waals surface area contributed by atoms with E-state index in [1.165, 1.54) is 0 Å². The number of methoxy groups -OCH3 is 2. The summed E-state index contributed by atoms with van der Waals surface area (Å²) in [6.45, 7) is 3.55. The van der Waals surface area contributed by atoms with Crippen LogP contribution in [0.2, 0.25) is 0 Å². The molecule has 5 nitrogen and oxygen atoms in total. The summed E-state index contributed by atoms with van der Waals surface area (Å²) in [7, 11) is 5.50. The van der Waals surface area contributed by atoms with Crippen molar-refractivity contribution in [3.05, 3.63) is 18.2 Å². The third-order valence-corrected chi connectivity index (χ3v) is 3.78. The molecule has 0 amide bonds. The Morgan fingerprint density at radius 1 is 1.26 bits per heavy atom. The number of hydrogen-bond acceptors (Lipinski definition) is 5. The van der Waals surface area contributed by atoms with Gasteiger partial charge in [-0.2, -0.15) is 0 Å². The molecule has 0 saturated carbocycles. The molecule has 1 fully saturated rings. The summed E-state index contributed by atoms with van der Waals surface area (Å²) in [5, 5.41) is 0. The molecule has 2 rings (SSSR count). The third-order valence-electron chi connectivity index (χ3n) is 3.78. The molecule has 5 heteroatoms. The van der Waals surface area contributed by atoms with Gasteiger partial charge < -0.3 is 20.1 Å². The molecule has 1 aromatic carbocycles.